The molecule has 0 amide bonds. The molecule has 0 atom stereocenters. The van der Waals surface area contributed by atoms with E-state index in [0.29, 0.717) is 5.41 Å². The average Bonchev–Trinajstić information content (AvgIpc) is 2.50. The summed E-state index contributed by atoms with van der Waals surface area (Å²) >= 11 is 0. The Hall–Kier alpha value is -0.820. The molecule has 0 spiro atoms. The van der Waals surface area contributed by atoms with Crippen LogP contribution in [0.5, 0.6) is 0 Å². The SMILES string of the molecule is CN=C(NCc1ccc(C)cc1C)NCC1(CCOC)CCC1.I. The zero-order valence-corrected chi connectivity index (χ0v) is 17.8. The Morgan fingerprint density at radius 1 is 1.25 bits per heavy atom. The van der Waals surface area contributed by atoms with E-state index in [2.05, 4.69) is 47.7 Å². The van der Waals surface area contributed by atoms with Crippen LogP contribution in [0.15, 0.2) is 23.2 Å². The monoisotopic (exact) mass is 445 g/mol. The van der Waals surface area contributed by atoms with E-state index in [1.807, 2.05) is 7.05 Å². The molecule has 0 unspecified atom stereocenters. The number of benzene rings is 1. The first kappa shape index (κ1) is 21.2. The quantitative estimate of drug-likeness (QED) is 0.382. The fourth-order valence-corrected chi connectivity index (χ4v) is 3.23. The number of nitrogens with one attached hydrogen (secondary N) is 2. The van der Waals surface area contributed by atoms with Gasteiger partial charge in [-0.2, -0.15) is 0 Å². The summed E-state index contributed by atoms with van der Waals surface area (Å²) in [6, 6.07) is 6.58. The van der Waals surface area contributed by atoms with Gasteiger partial charge >= 0.3 is 0 Å². The Morgan fingerprint density at radius 2 is 2.00 bits per heavy atom. The number of rotatable bonds is 7. The van der Waals surface area contributed by atoms with Crippen molar-refractivity contribution in [1.29, 1.82) is 0 Å². The van der Waals surface area contributed by atoms with Crippen molar-refractivity contribution >= 4 is 29.9 Å². The van der Waals surface area contributed by atoms with E-state index in [0.717, 1.165) is 32.1 Å². The van der Waals surface area contributed by atoms with Gasteiger partial charge in [0.25, 0.3) is 0 Å². The normalized spacial score (nSPS) is 16.1. The Labute approximate surface area is 163 Å². The van der Waals surface area contributed by atoms with Gasteiger partial charge in [-0.15, -0.1) is 24.0 Å². The van der Waals surface area contributed by atoms with E-state index in [4.69, 9.17) is 4.74 Å². The van der Waals surface area contributed by atoms with Gasteiger partial charge in [0, 0.05) is 33.9 Å². The van der Waals surface area contributed by atoms with Crippen molar-refractivity contribution in [3.63, 3.8) is 0 Å². The number of hydrogen-bond acceptors (Lipinski definition) is 2. The summed E-state index contributed by atoms with van der Waals surface area (Å²) in [5.74, 6) is 0.883. The van der Waals surface area contributed by atoms with Crippen LogP contribution in [0.1, 0.15) is 42.4 Å². The van der Waals surface area contributed by atoms with Gasteiger partial charge in [0.1, 0.15) is 0 Å². The fraction of sp³-hybridized carbons (Fsp3) is 0.632. The largest absolute Gasteiger partial charge is 0.385 e. The lowest BCUT2D eigenvalue weighted by atomic mass is 9.67. The number of ether oxygens (including phenoxy) is 1. The molecule has 0 aliphatic heterocycles. The molecule has 1 aliphatic rings. The van der Waals surface area contributed by atoms with Crippen LogP contribution in [0.4, 0.5) is 0 Å². The third-order valence-corrected chi connectivity index (χ3v) is 5.05. The number of halogens is 1. The highest BCUT2D eigenvalue weighted by atomic mass is 127. The summed E-state index contributed by atoms with van der Waals surface area (Å²) in [5.41, 5.74) is 4.34. The summed E-state index contributed by atoms with van der Waals surface area (Å²) < 4.78 is 5.26. The minimum absolute atomic E-state index is 0. The molecule has 5 heteroatoms. The van der Waals surface area contributed by atoms with E-state index in [9.17, 15) is 0 Å². The van der Waals surface area contributed by atoms with Crippen LogP contribution >= 0.6 is 24.0 Å². The molecule has 0 saturated heterocycles. The first-order valence-electron chi connectivity index (χ1n) is 8.58. The van der Waals surface area contributed by atoms with Crippen molar-refractivity contribution in [3.05, 3.63) is 34.9 Å². The Morgan fingerprint density at radius 3 is 2.54 bits per heavy atom. The molecule has 0 aromatic heterocycles. The summed E-state index contributed by atoms with van der Waals surface area (Å²) in [4.78, 5) is 4.36. The molecule has 0 heterocycles. The maximum absolute atomic E-state index is 5.26. The fourth-order valence-electron chi connectivity index (χ4n) is 3.23. The number of aryl methyl sites for hydroxylation is 2. The second kappa shape index (κ2) is 10.2. The number of guanidine groups is 1. The van der Waals surface area contributed by atoms with Gasteiger partial charge in [0.2, 0.25) is 0 Å². The molecular formula is C19H32IN3O. The molecule has 1 aromatic rings. The molecule has 0 bridgehead atoms. The standard InChI is InChI=1S/C19H31N3O.HI/c1-15-6-7-17(16(2)12-15)13-21-18(20-3)22-14-19(8-5-9-19)10-11-23-4;/h6-7,12H,5,8-11,13-14H2,1-4H3,(H2,20,21,22);1H. The minimum atomic E-state index is 0. The molecule has 24 heavy (non-hydrogen) atoms. The van der Waals surface area contributed by atoms with Crippen LogP contribution in [0.2, 0.25) is 0 Å². The number of nitrogens with zero attached hydrogens (tertiary/aromatic N) is 1. The second-order valence-electron chi connectivity index (χ2n) is 6.81. The van der Waals surface area contributed by atoms with Crippen molar-refractivity contribution in [2.24, 2.45) is 10.4 Å². The van der Waals surface area contributed by atoms with E-state index in [1.54, 1.807) is 7.11 Å². The van der Waals surface area contributed by atoms with Gasteiger partial charge in [-0.25, -0.2) is 0 Å². The predicted molar refractivity (Wildman–Crippen MR) is 112 cm³/mol. The van der Waals surface area contributed by atoms with Gasteiger partial charge in [0.15, 0.2) is 5.96 Å². The topological polar surface area (TPSA) is 45.7 Å². The molecule has 1 fully saturated rings. The van der Waals surface area contributed by atoms with Gasteiger partial charge in [-0.3, -0.25) is 4.99 Å². The van der Waals surface area contributed by atoms with E-state index < -0.39 is 0 Å². The van der Waals surface area contributed by atoms with Gasteiger partial charge in [0.05, 0.1) is 0 Å². The lowest BCUT2D eigenvalue weighted by Gasteiger charge is -2.42. The molecule has 4 nitrogen and oxygen atoms in total. The lowest BCUT2D eigenvalue weighted by molar-refractivity contribution is 0.0732. The summed E-state index contributed by atoms with van der Waals surface area (Å²) in [7, 11) is 3.62. The van der Waals surface area contributed by atoms with Crippen LogP contribution < -0.4 is 10.6 Å². The first-order chi connectivity index (χ1) is 11.1. The second-order valence-corrected chi connectivity index (χ2v) is 6.81. The van der Waals surface area contributed by atoms with Crippen LogP contribution in [-0.4, -0.2) is 33.3 Å². The van der Waals surface area contributed by atoms with Crippen LogP contribution in [0.25, 0.3) is 0 Å². The average molecular weight is 445 g/mol. The van der Waals surface area contributed by atoms with E-state index >= 15 is 0 Å². The minimum Gasteiger partial charge on any atom is -0.385 e. The van der Waals surface area contributed by atoms with Crippen LogP contribution in [0.3, 0.4) is 0 Å². The Bertz CT molecular complexity index is 541. The lowest BCUT2D eigenvalue weighted by Crippen LogP contribution is -2.46. The molecular weight excluding hydrogens is 413 g/mol. The summed E-state index contributed by atoms with van der Waals surface area (Å²) in [6.45, 7) is 6.91. The third kappa shape index (κ3) is 5.92. The van der Waals surface area contributed by atoms with Gasteiger partial charge in [-0.1, -0.05) is 30.2 Å². The summed E-state index contributed by atoms with van der Waals surface area (Å²) in [6.07, 6.45) is 5.04. The molecule has 2 N–H and O–H groups in total. The van der Waals surface area contributed by atoms with Crippen molar-refractivity contribution in [1.82, 2.24) is 10.6 Å². The van der Waals surface area contributed by atoms with Gasteiger partial charge < -0.3 is 15.4 Å². The first-order valence-corrected chi connectivity index (χ1v) is 8.58. The number of aliphatic imine (C=N–C) groups is 1. The predicted octanol–water partition coefficient (Wildman–Crippen LogP) is 3.79. The molecule has 1 saturated carbocycles. The highest BCUT2D eigenvalue weighted by Gasteiger charge is 2.36. The molecule has 1 aliphatic carbocycles. The maximum Gasteiger partial charge on any atom is 0.191 e. The van der Waals surface area contributed by atoms with Gasteiger partial charge in [-0.05, 0) is 49.7 Å². The number of hydrogen-bond donors (Lipinski definition) is 2. The van der Waals surface area contributed by atoms with Crippen molar-refractivity contribution in [3.8, 4) is 0 Å². The smallest absolute Gasteiger partial charge is 0.191 e. The summed E-state index contributed by atoms with van der Waals surface area (Å²) in [5, 5.41) is 6.94. The van der Waals surface area contributed by atoms with Crippen molar-refractivity contribution in [2.45, 2.75) is 46.1 Å². The molecule has 1 aromatic carbocycles. The Kier molecular flexibility index (Phi) is 9.05. The highest BCUT2D eigenvalue weighted by Crippen LogP contribution is 2.43. The van der Waals surface area contributed by atoms with E-state index in [1.165, 1.54) is 36.0 Å². The molecule has 136 valence electrons. The molecule has 2 rings (SSSR count). The van der Waals surface area contributed by atoms with Crippen LogP contribution in [0, 0.1) is 19.3 Å². The Balaban J connectivity index is 0.00000288. The zero-order valence-electron chi connectivity index (χ0n) is 15.4. The third-order valence-electron chi connectivity index (χ3n) is 5.05. The van der Waals surface area contributed by atoms with Crippen molar-refractivity contribution in [2.75, 3.05) is 27.3 Å². The maximum atomic E-state index is 5.26. The number of methoxy groups -OCH3 is 1. The van der Waals surface area contributed by atoms with Crippen molar-refractivity contribution < 1.29 is 4.74 Å². The van der Waals surface area contributed by atoms with E-state index in [-0.39, 0.29) is 24.0 Å². The zero-order chi connectivity index (χ0) is 16.7. The van der Waals surface area contributed by atoms with Crippen LogP contribution in [-0.2, 0) is 11.3 Å². The molecule has 0 radical (unpaired) electrons. The highest BCUT2D eigenvalue weighted by molar-refractivity contribution is 14.0.